The van der Waals surface area contributed by atoms with E-state index >= 15 is 0 Å². The molecule has 0 N–H and O–H groups in total. The molecule has 0 bridgehead atoms. The van der Waals surface area contributed by atoms with Gasteiger partial charge < -0.3 is 4.90 Å². The van der Waals surface area contributed by atoms with Gasteiger partial charge in [-0.05, 0) is 29.0 Å². The fourth-order valence-electron chi connectivity index (χ4n) is 3.16. The van der Waals surface area contributed by atoms with Crippen LogP contribution in [0.4, 0.5) is 0 Å². The van der Waals surface area contributed by atoms with Crippen molar-refractivity contribution in [3.8, 4) is 17.3 Å². The van der Waals surface area contributed by atoms with E-state index in [1.807, 2.05) is 54.6 Å². The monoisotopic (exact) mass is 340 g/mol. The summed E-state index contributed by atoms with van der Waals surface area (Å²) in [7, 11) is -3.16. The number of rotatable bonds is 5. The lowest BCUT2D eigenvalue weighted by Crippen LogP contribution is -2.21. The predicted molar refractivity (Wildman–Crippen MR) is 94.7 cm³/mol. The van der Waals surface area contributed by atoms with Crippen LogP contribution in [0.25, 0.3) is 11.1 Å². The molecule has 0 aliphatic carbocycles. The molecular formula is C19H20N2O2S. The second-order valence-corrected chi connectivity index (χ2v) is 8.43. The van der Waals surface area contributed by atoms with Crippen molar-refractivity contribution in [1.82, 2.24) is 4.90 Å². The summed E-state index contributed by atoms with van der Waals surface area (Å²) in [6, 6.07) is 17.7. The molecule has 0 aromatic heterocycles. The number of hydrogen-bond donors (Lipinski definition) is 0. The SMILES string of the molecule is N#CN1CCC(CS(=O)(=O)Cc2ccc(-c3ccccc3)cc2)C1. The topological polar surface area (TPSA) is 61.2 Å². The molecule has 0 saturated carbocycles. The largest absolute Gasteiger partial charge is 0.310 e. The maximum Gasteiger partial charge on any atom is 0.179 e. The van der Waals surface area contributed by atoms with Gasteiger partial charge in [0.05, 0.1) is 11.5 Å². The van der Waals surface area contributed by atoms with E-state index in [9.17, 15) is 8.42 Å². The van der Waals surface area contributed by atoms with Crippen LogP contribution >= 0.6 is 0 Å². The van der Waals surface area contributed by atoms with Gasteiger partial charge in [-0.25, -0.2) is 8.42 Å². The molecular weight excluding hydrogens is 320 g/mol. The molecule has 1 aliphatic rings. The van der Waals surface area contributed by atoms with Crippen LogP contribution in [0.1, 0.15) is 12.0 Å². The van der Waals surface area contributed by atoms with Gasteiger partial charge in [-0.15, -0.1) is 0 Å². The molecule has 124 valence electrons. The van der Waals surface area contributed by atoms with Crippen LogP contribution in [0.5, 0.6) is 0 Å². The van der Waals surface area contributed by atoms with Crippen LogP contribution in [-0.4, -0.2) is 32.2 Å². The molecule has 2 aromatic carbocycles. The van der Waals surface area contributed by atoms with Gasteiger partial charge in [0.15, 0.2) is 16.0 Å². The molecule has 1 heterocycles. The number of nitrogens with zero attached hydrogens (tertiary/aromatic N) is 2. The summed E-state index contributed by atoms with van der Waals surface area (Å²) >= 11 is 0. The van der Waals surface area contributed by atoms with Crippen LogP contribution < -0.4 is 0 Å². The average Bonchev–Trinajstić information content (AvgIpc) is 3.03. The minimum absolute atomic E-state index is 0.0606. The average molecular weight is 340 g/mol. The highest BCUT2D eigenvalue weighted by molar-refractivity contribution is 7.90. The maximum absolute atomic E-state index is 12.4. The van der Waals surface area contributed by atoms with Crippen molar-refractivity contribution in [2.24, 2.45) is 5.92 Å². The minimum Gasteiger partial charge on any atom is -0.310 e. The smallest absolute Gasteiger partial charge is 0.179 e. The van der Waals surface area contributed by atoms with E-state index in [0.717, 1.165) is 23.1 Å². The Balaban J connectivity index is 1.64. The molecule has 1 unspecified atom stereocenters. The lowest BCUT2D eigenvalue weighted by atomic mass is 10.0. The van der Waals surface area contributed by atoms with Gasteiger partial charge in [-0.3, -0.25) is 0 Å². The Labute approximate surface area is 143 Å². The molecule has 1 aliphatic heterocycles. The number of likely N-dealkylation sites (tertiary alicyclic amines) is 1. The van der Waals surface area contributed by atoms with Crippen molar-refractivity contribution in [2.45, 2.75) is 12.2 Å². The van der Waals surface area contributed by atoms with Crippen molar-refractivity contribution in [3.05, 3.63) is 60.2 Å². The van der Waals surface area contributed by atoms with Crippen molar-refractivity contribution in [1.29, 1.82) is 5.26 Å². The number of hydrogen-bond acceptors (Lipinski definition) is 4. The summed E-state index contributed by atoms with van der Waals surface area (Å²) < 4.78 is 24.8. The molecule has 5 heteroatoms. The highest BCUT2D eigenvalue weighted by Crippen LogP contribution is 2.22. The lowest BCUT2D eigenvalue weighted by Gasteiger charge is -2.11. The summed E-state index contributed by atoms with van der Waals surface area (Å²) in [5.74, 6) is 0.287. The van der Waals surface area contributed by atoms with Crippen molar-refractivity contribution >= 4 is 9.84 Å². The number of benzene rings is 2. The fraction of sp³-hybridized carbons (Fsp3) is 0.316. The quantitative estimate of drug-likeness (QED) is 0.785. The van der Waals surface area contributed by atoms with Crippen LogP contribution in [0.2, 0.25) is 0 Å². The molecule has 3 rings (SSSR count). The lowest BCUT2D eigenvalue weighted by molar-refractivity contribution is 0.464. The molecule has 24 heavy (non-hydrogen) atoms. The first-order valence-corrected chi connectivity index (χ1v) is 9.87. The molecule has 4 nitrogen and oxygen atoms in total. The van der Waals surface area contributed by atoms with Crippen LogP contribution in [0, 0.1) is 17.4 Å². The highest BCUT2D eigenvalue weighted by atomic mass is 32.2. The third-order valence-electron chi connectivity index (χ3n) is 4.36. The summed E-state index contributed by atoms with van der Waals surface area (Å²) in [4.78, 5) is 1.63. The summed E-state index contributed by atoms with van der Waals surface area (Å²) in [6.07, 6.45) is 2.87. The van der Waals surface area contributed by atoms with Gasteiger partial charge in [0.2, 0.25) is 0 Å². The first-order valence-electron chi connectivity index (χ1n) is 8.05. The maximum atomic E-state index is 12.4. The summed E-state index contributed by atoms with van der Waals surface area (Å²) in [5, 5.41) is 8.86. The standard InChI is InChI=1S/C19H20N2O2S/c20-15-21-11-10-17(12-21)14-24(22,23)13-16-6-8-19(9-7-16)18-4-2-1-3-5-18/h1-9,17H,10-14H2. The van der Waals surface area contributed by atoms with Crippen molar-refractivity contribution < 1.29 is 8.42 Å². The Morgan fingerprint density at radius 2 is 1.71 bits per heavy atom. The van der Waals surface area contributed by atoms with E-state index in [-0.39, 0.29) is 17.4 Å². The Bertz CT molecular complexity index is 824. The van der Waals surface area contributed by atoms with Gasteiger partial charge >= 0.3 is 0 Å². The van der Waals surface area contributed by atoms with E-state index in [0.29, 0.717) is 13.1 Å². The van der Waals surface area contributed by atoms with Gasteiger partial charge in [-0.1, -0.05) is 54.6 Å². The molecule has 0 amide bonds. The molecule has 1 fully saturated rings. The Morgan fingerprint density at radius 3 is 2.33 bits per heavy atom. The first kappa shape index (κ1) is 16.5. The zero-order valence-electron chi connectivity index (χ0n) is 13.4. The summed E-state index contributed by atoms with van der Waals surface area (Å²) in [6.45, 7) is 1.23. The molecule has 2 aromatic rings. The Hall–Kier alpha value is -2.32. The third kappa shape index (κ3) is 4.15. The molecule has 1 atom stereocenters. The molecule has 1 saturated heterocycles. The normalized spacial score (nSPS) is 17.6. The minimum atomic E-state index is -3.16. The van der Waals surface area contributed by atoms with Gasteiger partial charge in [0.1, 0.15) is 0 Å². The van der Waals surface area contributed by atoms with E-state index in [1.165, 1.54) is 0 Å². The Kier molecular flexibility index (Phi) is 4.86. The zero-order valence-corrected chi connectivity index (χ0v) is 14.2. The Morgan fingerprint density at radius 1 is 1.04 bits per heavy atom. The predicted octanol–water partition coefficient (Wildman–Crippen LogP) is 3.07. The number of nitriles is 1. The first-order chi connectivity index (χ1) is 11.6. The van der Waals surface area contributed by atoms with E-state index in [2.05, 4.69) is 6.19 Å². The van der Waals surface area contributed by atoms with Crippen LogP contribution in [0.15, 0.2) is 54.6 Å². The molecule has 0 spiro atoms. The van der Waals surface area contributed by atoms with Crippen LogP contribution in [0.3, 0.4) is 0 Å². The van der Waals surface area contributed by atoms with E-state index in [1.54, 1.807) is 4.90 Å². The van der Waals surface area contributed by atoms with E-state index < -0.39 is 9.84 Å². The van der Waals surface area contributed by atoms with E-state index in [4.69, 9.17) is 5.26 Å². The molecule has 0 radical (unpaired) electrons. The van der Waals surface area contributed by atoms with Gasteiger partial charge in [0, 0.05) is 13.1 Å². The summed E-state index contributed by atoms with van der Waals surface area (Å²) in [5.41, 5.74) is 3.01. The third-order valence-corrected chi connectivity index (χ3v) is 6.12. The second-order valence-electron chi connectivity index (χ2n) is 6.32. The van der Waals surface area contributed by atoms with Crippen molar-refractivity contribution in [2.75, 3.05) is 18.8 Å². The zero-order chi connectivity index (χ0) is 17.0. The fourth-order valence-corrected chi connectivity index (χ4v) is 4.96. The van der Waals surface area contributed by atoms with Crippen LogP contribution in [-0.2, 0) is 15.6 Å². The van der Waals surface area contributed by atoms with Crippen molar-refractivity contribution in [3.63, 3.8) is 0 Å². The van der Waals surface area contributed by atoms with Gasteiger partial charge in [0.25, 0.3) is 0 Å². The second kappa shape index (κ2) is 7.06. The van der Waals surface area contributed by atoms with Gasteiger partial charge in [-0.2, -0.15) is 5.26 Å². The highest BCUT2D eigenvalue weighted by Gasteiger charge is 2.26. The number of sulfone groups is 1.